The van der Waals surface area contributed by atoms with Crippen molar-refractivity contribution >= 4 is 17.0 Å². The van der Waals surface area contributed by atoms with Gasteiger partial charge in [-0.2, -0.15) is 0 Å². The highest BCUT2D eigenvalue weighted by molar-refractivity contribution is 5.78. The maximum Gasteiger partial charge on any atom is 0.405 e. The Hall–Kier alpha value is -2.10. The molecule has 1 aromatic heterocycles. The molecule has 20 heavy (non-hydrogen) atoms. The van der Waals surface area contributed by atoms with Gasteiger partial charge in [0.2, 0.25) is 0 Å². The molecule has 0 bridgehead atoms. The van der Waals surface area contributed by atoms with Crippen LogP contribution in [0.25, 0.3) is 10.9 Å². The molecule has 0 radical (unpaired) electrons. The molecule has 2 N–H and O–H groups in total. The average Bonchev–Trinajstić information content (AvgIpc) is 2.36. The molecule has 1 unspecified atom stereocenters. The molecule has 0 aliphatic heterocycles. The van der Waals surface area contributed by atoms with Gasteiger partial charge in [0.05, 0.1) is 11.2 Å². The van der Waals surface area contributed by atoms with Crippen molar-refractivity contribution in [3.05, 3.63) is 42.1 Å². The highest BCUT2D eigenvalue weighted by Crippen LogP contribution is 2.41. The maximum absolute atomic E-state index is 11.3. The topological polar surface area (TPSA) is 65.2 Å². The average molecular weight is 272 g/mol. The number of hydrogen-bond donors (Lipinski definition) is 1. The zero-order chi connectivity index (χ0) is 15.0. The van der Waals surface area contributed by atoms with Crippen molar-refractivity contribution in [3.8, 4) is 0 Å². The Balaban J connectivity index is 2.59. The number of nitrogens with two attached hydrogens (primary N) is 1. The molecule has 0 aliphatic rings. The minimum atomic E-state index is -0.886. The third-order valence-corrected chi connectivity index (χ3v) is 3.82. The lowest BCUT2D eigenvalue weighted by molar-refractivity contribution is -0.0588. The van der Waals surface area contributed by atoms with E-state index < -0.39 is 11.7 Å². The molecule has 1 heterocycles. The summed E-state index contributed by atoms with van der Waals surface area (Å²) >= 11 is 0. The molecule has 0 spiro atoms. The molecule has 2 rings (SSSR count). The largest absolute Gasteiger partial charge is 0.436 e. The van der Waals surface area contributed by atoms with E-state index in [1.165, 1.54) is 0 Å². The third kappa shape index (κ3) is 2.46. The van der Waals surface area contributed by atoms with Gasteiger partial charge in [0.1, 0.15) is 0 Å². The van der Waals surface area contributed by atoms with Gasteiger partial charge in [0, 0.05) is 10.8 Å². The van der Waals surface area contributed by atoms with Crippen LogP contribution in [-0.2, 0) is 10.3 Å². The fraction of sp³-hybridized carbons (Fsp3) is 0.375. The van der Waals surface area contributed by atoms with Crippen molar-refractivity contribution in [2.75, 3.05) is 0 Å². The smallest absolute Gasteiger partial charge is 0.405 e. The van der Waals surface area contributed by atoms with E-state index >= 15 is 0 Å². The van der Waals surface area contributed by atoms with E-state index in [1.807, 2.05) is 64.1 Å². The summed E-state index contributed by atoms with van der Waals surface area (Å²) in [5.41, 5.74) is 5.58. The second-order valence-corrected chi connectivity index (χ2v) is 6.09. The van der Waals surface area contributed by atoms with Crippen LogP contribution in [0.2, 0.25) is 0 Å². The molecule has 0 saturated heterocycles. The van der Waals surface area contributed by atoms with Crippen LogP contribution in [0, 0.1) is 5.41 Å². The van der Waals surface area contributed by atoms with E-state index in [9.17, 15) is 4.79 Å². The van der Waals surface area contributed by atoms with Crippen molar-refractivity contribution in [3.63, 3.8) is 0 Å². The van der Waals surface area contributed by atoms with Gasteiger partial charge in [-0.05, 0) is 19.1 Å². The quantitative estimate of drug-likeness (QED) is 0.908. The van der Waals surface area contributed by atoms with Crippen LogP contribution in [0.5, 0.6) is 0 Å². The van der Waals surface area contributed by atoms with E-state index in [1.54, 1.807) is 0 Å². The van der Waals surface area contributed by atoms with Crippen molar-refractivity contribution in [1.82, 2.24) is 4.98 Å². The first kappa shape index (κ1) is 14.3. The van der Waals surface area contributed by atoms with E-state index in [-0.39, 0.29) is 5.41 Å². The second kappa shape index (κ2) is 4.78. The zero-order valence-electron chi connectivity index (χ0n) is 12.3. The first-order valence-corrected chi connectivity index (χ1v) is 6.59. The monoisotopic (exact) mass is 272 g/mol. The molecule has 4 heteroatoms. The minimum Gasteiger partial charge on any atom is -0.436 e. The van der Waals surface area contributed by atoms with Crippen LogP contribution in [0.1, 0.15) is 33.4 Å². The number of carbonyl (C=O) groups is 1. The first-order valence-electron chi connectivity index (χ1n) is 6.59. The van der Waals surface area contributed by atoms with Crippen LogP contribution in [0.15, 0.2) is 36.4 Å². The number of hydrogen-bond acceptors (Lipinski definition) is 3. The van der Waals surface area contributed by atoms with Gasteiger partial charge >= 0.3 is 6.09 Å². The van der Waals surface area contributed by atoms with Gasteiger partial charge in [-0.1, -0.05) is 45.0 Å². The molecular weight excluding hydrogens is 252 g/mol. The molecule has 0 aliphatic carbocycles. The number of fused-ring (bicyclic) bond motifs is 1. The molecule has 106 valence electrons. The first-order chi connectivity index (χ1) is 9.24. The van der Waals surface area contributed by atoms with Gasteiger partial charge in [0.25, 0.3) is 0 Å². The summed E-state index contributed by atoms with van der Waals surface area (Å²) in [5.74, 6) is 0. The predicted octanol–water partition coefficient (Wildman–Crippen LogP) is 3.59. The van der Waals surface area contributed by atoms with Crippen LogP contribution in [0.3, 0.4) is 0 Å². The summed E-state index contributed by atoms with van der Waals surface area (Å²) in [5, 5.41) is 1.05. The van der Waals surface area contributed by atoms with E-state index in [0.717, 1.165) is 10.9 Å². The molecule has 0 fully saturated rings. The van der Waals surface area contributed by atoms with Crippen LogP contribution < -0.4 is 5.73 Å². The Labute approximate surface area is 119 Å². The summed E-state index contributed by atoms with van der Waals surface area (Å²) in [6.07, 6.45) is -0.794. The van der Waals surface area contributed by atoms with Gasteiger partial charge in [0.15, 0.2) is 5.60 Å². The van der Waals surface area contributed by atoms with Crippen LogP contribution >= 0.6 is 0 Å². The van der Waals surface area contributed by atoms with Gasteiger partial charge in [-0.15, -0.1) is 0 Å². The number of pyridine rings is 1. The molecule has 1 atom stereocenters. The lowest BCUT2D eigenvalue weighted by atomic mass is 9.75. The molecular formula is C16H20N2O2. The van der Waals surface area contributed by atoms with Crippen LogP contribution in [0.4, 0.5) is 4.79 Å². The number of amides is 1. The highest BCUT2D eigenvalue weighted by atomic mass is 16.6. The lowest BCUT2D eigenvalue weighted by Gasteiger charge is -2.40. The Kier molecular flexibility index (Phi) is 3.42. The predicted molar refractivity (Wildman–Crippen MR) is 79.2 cm³/mol. The van der Waals surface area contributed by atoms with Gasteiger partial charge in [-0.25, -0.2) is 9.78 Å². The van der Waals surface area contributed by atoms with E-state index in [0.29, 0.717) is 5.69 Å². The highest BCUT2D eigenvalue weighted by Gasteiger charge is 2.44. The van der Waals surface area contributed by atoms with Crippen molar-refractivity contribution in [2.24, 2.45) is 11.1 Å². The third-order valence-electron chi connectivity index (χ3n) is 3.82. The molecule has 1 aromatic carbocycles. The SMILES string of the molecule is CC(C)(C)C(C)(OC(N)=O)c1ccc2ccccc2n1. The Bertz CT molecular complexity index is 646. The number of aromatic nitrogens is 1. The Morgan fingerprint density at radius 2 is 1.75 bits per heavy atom. The van der Waals surface area contributed by atoms with Crippen molar-refractivity contribution in [1.29, 1.82) is 0 Å². The second-order valence-electron chi connectivity index (χ2n) is 6.09. The normalized spacial score (nSPS) is 14.8. The fourth-order valence-electron chi connectivity index (χ4n) is 2.12. The fourth-order valence-corrected chi connectivity index (χ4v) is 2.12. The molecule has 2 aromatic rings. The van der Waals surface area contributed by atoms with E-state index in [4.69, 9.17) is 10.5 Å². The molecule has 1 amide bonds. The number of carbonyl (C=O) groups excluding carboxylic acids is 1. The standard InChI is InChI=1S/C16H20N2O2/c1-15(2,3)16(4,20-14(17)19)13-10-9-11-7-5-6-8-12(11)18-13/h5-10H,1-4H3,(H2,17,19). The Morgan fingerprint density at radius 3 is 2.35 bits per heavy atom. The number of nitrogens with zero attached hydrogens (tertiary/aromatic N) is 1. The maximum atomic E-state index is 11.3. The number of ether oxygens (including phenoxy) is 1. The number of rotatable bonds is 2. The van der Waals surface area contributed by atoms with E-state index in [2.05, 4.69) is 4.98 Å². The van der Waals surface area contributed by atoms with Crippen molar-refractivity contribution in [2.45, 2.75) is 33.3 Å². The molecule has 0 saturated carbocycles. The zero-order valence-corrected chi connectivity index (χ0v) is 12.3. The van der Waals surface area contributed by atoms with Gasteiger partial charge in [-0.3, -0.25) is 0 Å². The summed E-state index contributed by atoms with van der Waals surface area (Å²) in [6.45, 7) is 7.82. The summed E-state index contributed by atoms with van der Waals surface area (Å²) in [7, 11) is 0. The minimum absolute atomic E-state index is 0.336. The molecule has 4 nitrogen and oxygen atoms in total. The van der Waals surface area contributed by atoms with Gasteiger partial charge < -0.3 is 10.5 Å². The summed E-state index contributed by atoms with van der Waals surface area (Å²) < 4.78 is 5.41. The number of primary amides is 1. The van der Waals surface area contributed by atoms with Crippen molar-refractivity contribution < 1.29 is 9.53 Å². The summed E-state index contributed by atoms with van der Waals surface area (Å²) in [6, 6.07) is 11.7. The lowest BCUT2D eigenvalue weighted by Crippen LogP contribution is -2.43. The Morgan fingerprint density at radius 1 is 1.10 bits per heavy atom. The number of para-hydroxylation sites is 1. The van der Waals surface area contributed by atoms with Crippen LogP contribution in [-0.4, -0.2) is 11.1 Å². The number of benzene rings is 1. The summed E-state index contributed by atoms with van der Waals surface area (Å²) in [4.78, 5) is 15.9.